The number of nitrogens with zero attached hydrogens (tertiary/aromatic N) is 3. The second-order valence-electron chi connectivity index (χ2n) is 7.16. The number of amides is 1. The minimum Gasteiger partial charge on any atom is -0.485 e. The van der Waals surface area contributed by atoms with Crippen LogP contribution in [0.2, 0.25) is 0 Å². The van der Waals surface area contributed by atoms with Crippen molar-refractivity contribution in [1.29, 1.82) is 0 Å². The van der Waals surface area contributed by atoms with Crippen LogP contribution >= 0.6 is 0 Å². The van der Waals surface area contributed by atoms with Gasteiger partial charge in [0.2, 0.25) is 0 Å². The summed E-state index contributed by atoms with van der Waals surface area (Å²) in [5.41, 5.74) is 0.571. The molecule has 0 aromatic carbocycles. The minimum atomic E-state index is -0.340. The highest BCUT2D eigenvalue weighted by Crippen LogP contribution is 2.30. The number of carbonyl (C=O) groups excluding carboxylic acids is 1. The number of likely N-dealkylation sites (tertiary alicyclic amines) is 1. The summed E-state index contributed by atoms with van der Waals surface area (Å²) >= 11 is 0. The molecule has 2 aromatic heterocycles. The number of ether oxygens (including phenoxy) is 1. The third-order valence-electron chi connectivity index (χ3n) is 5.27. The maximum atomic E-state index is 12.8. The molecule has 1 atom stereocenters. The Morgan fingerprint density at radius 1 is 1.26 bits per heavy atom. The van der Waals surface area contributed by atoms with Gasteiger partial charge in [-0.25, -0.2) is 4.98 Å². The fourth-order valence-corrected chi connectivity index (χ4v) is 3.83. The Hall–Kier alpha value is -2.83. The lowest BCUT2D eigenvalue weighted by Gasteiger charge is -2.22. The molecular weight excluding hydrogens is 344 g/mol. The van der Waals surface area contributed by atoms with Crippen molar-refractivity contribution < 1.29 is 9.53 Å². The highest BCUT2D eigenvalue weighted by molar-refractivity contribution is 5.95. The number of rotatable bonds is 4. The molecule has 0 radical (unpaired) electrons. The first-order valence-electron chi connectivity index (χ1n) is 9.47. The van der Waals surface area contributed by atoms with Crippen molar-refractivity contribution in [2.24, 2.45) is 0 Å². The zero-order chi connectivity index (χ0) is 18.8. The first kappa shape index (κ1) is 17.6. The van der Waals surface area contributed by atoms with E-state index in [0.29, 0.717) is 18.7 Å². The van der Waals surface area contributed by atoms with E-state index in [4.69, 9.17) is 4.74 Å². The molecule has 142 valence electrons. The van der Waals surface area contributed by atoms with Gasteiger partial charge in [-0.15, -0.1) is 0 Å². The fraction of sp³-hybridized carbons (Fsp3) is 0.450. The third kappa shape index (κ3) is 3.54. The van der Waals surface area contributed by atoms with Crippen LogP contribution in [-0.4, -0.2) is 53.1 Å². The van der Waals surface area contributed by atoms with Crippen LogP contribution < -0.4 is 15.2 Å². The smallest absolute Gasteiger partial charge is 0.261 e. The number of hydrogen-bond donors (Lipinski definition) is 1. The van der Waals surface area contributed by atoms with Gasteiger partial charge in [-0.3, -0.25) is 9.59 Å². The zero-order valence-corrected chi connectivity index (χ0v) is 15.5. The molecule has 0 bridgehead atoms. The van der Waals surface area contributed by atoms with Gasteiger partial charge in [-0.1, -0.05) is 0 Å². The Bertz CT molecular complexity index is 889. The summed E-state index contributed by atoms with van der Waals surface area (Å²) in [5.74, 6) is 1.42. The highest BCUT2D eigenvalue weighted by Gasteiger charge is 2.31. The summed E-state index contributed by atoms with van der Waals surface area (Å²) in [5, 5.41) is 0. The second-order valence-corrected chi connectivity index (χ2v) is 7.16. The molecule has 7 nitrogen and oxygen atoms in total. The average molecular weight is 368 g/mol. The molecule has 4 rings (SSSR count). The van der Waals surface area contributed by atoms with E-state index in [1.54, 1.807) is 30.3 Å². The van der Waals surface area contributed by atoms with Crippen molar-refractivity contribution in [2.45, 2.75) is 32.3 Å². The molecule has 2 aliphatic rings. The van der Waals surface area contributed by atoms with E-state index < -0.39 is 0 Å². The van der Waals surface area contributed by atoms with Gasteiger partial charge in [-0.05, 0) is 43.5 Å². The molecule has 2 aromatic rings. The van der Waals surface area contributed by atoms with Gasteiger partial charge >= 0.3 is 0 Å². The van der Waals surface area contributed by atoms with Crippen LogP contribution in [0.4, 0.5) is 5.82 Å². The zero-order valence-electron chi connectivity index (χ0n) is 15.5. The van der Waals surface area contributed by atoms with Crippen molar-refractivity contribution in [3.8, 4) is 5.75 Å². The van der Waals surface area contributed by atoms with Gasteiger partial charge in [-0.2, -0.15) is 0 Å². The van der Waals surface area contributed by atoms with E-state index in [9.17, 15) is 9.59 Å². The van der Waals surface area contributed by atoms with Gasteiger partial charge in [0, 0.05) is 38.4 Å². The van der Waals surface area contributed by atoms with Crippen LogP contribution in [0.3, 0.4) is 0 Å². The lowest BCUT2D eigenvalue weighted by Crippen LogP contribution is -2.35. The summed E-state index contributed by atoms with van der Waals surface area (Å²) in [6.07, 6.45) is 6.34. The van der Waals surface area contributed by atoms with Gasteiger partial charge in [0.25, 0.3) is 11.5 Å². The standard InChI is InChI=1S/C20H24N4O3/c1-14-6-9-22-19(25)17(14)20(26)24-12-7-15(13-24)27-16-5-4-8-21-18(16)23-10-2-3-11-23/h4-6,8-9,15H,2-3,7,10-13H2,1H3,(H,22,25)/t15-/m0/s1. The molecule has 0 aliphatic carbocycles. The quantitative estimate of drug-likeness (QED) is 0.893. The SMILES string of the molecule is Cc1cc[nH]c(=O)c1C(=O)N1CC[C@H](Oc2cccnc2N2CCCC2)C1. The van der Waals surface area contributed by atoms with Crippen LogP contribution in [0.25, 0.3) is 0 Å². The summed E-state index contributed by atoms with van der Waals surface area (Å²) in [4.78, 5) is 35.9. The molecule has 2 aliphatic heterocycles. The van der Waals surface area contributed by atoms with Gasteiger partial charge in [0.05, 0.1) is 6.54 Å². The van der Waals surface area contributed by atoms with Crippen molar-refractivity contribution >= 4 is 11.7 Å². The summed E-state index contributed by atoms with van der Waals surface area (Å²) < 4.78 is 6.21. The van der Waals surface area contributed by atoms with Crippen LogP contribution in [0.5, 0.6) is 5.75 Å². The summed E-state index contributed by atoms with van der Waals surface area (Å²) in [7, 11) is 0. The van der Waals surface area contributed by atoms with E-state index in [0.717, 1.165) is 31.1 Å². The van der Waals surface area contributed by atoms with Crippen LogP contribution in [0.1, 0.15) is 35.2 Å². The number of hydrogen-bond acceptors (Lipinski definition) is 5. The fourth-order valence-electron chi connectivity index (χ4n) is 3.83. The maximum Gasteiger partial charge on any atom is 0.261 e. The maximum absolute atomic E-state index is 12.8. The van der Waals surface area contributed by atoms with E-state index in [1.807, 2.05) is 12.1 Å². The van der Waals surface area contributed by atoms with E-state index in [-0.39, 0.29) is 23.1 Å². The molecule has 4 heterocycles. The lowest BCUT2D eigenvalue weighted by atomic mass is 10.1. The van der Waals surface area contributed by atoms with E-state index in [1.165, 1.54) is 12.8 Å². The average Bonchev–Trinajstić information content (AvgIpc) is 3.34. The summed E-state index contributed by atoms with van der Waals surface area (Å²) in [6.45, 7) is 4.83. The topological polar surface area (TPSA) is 78.5 Å². The Kier molecular flexibility index (Phi) is 4.83. The van der Waals surface area contributed by atoms with Crippen LogP contribution in [0.15, 0.2) is 35.4 Å². The number of H-pyrrole nitrogens is 1. The second kappa shape index (κ2) is 7.42. The predicted octanol–water partition coefficient (Wildman–Crippen LogP) is 1.97. The molecule has 27 heavy (non-hydrogen) atoms. The minimum absolute atomic E-state index is 0.0948. The molecule has 0 unspecified atom stereocenters. The first-order valence-corrected chi connectivity index (χ1v) is 9.47. The third-order valence-corrected chi connectivity index (χ3v) is 5.27. The van der Waals surface area contributed by atoms with Crippen molar-refractivity contribution in [2.75, 3.05) is 31.1 Å². The Balaban J connectivity index is 1.46. The number of nitrogens with one attached hydrogen (secondary N) is 1. The molecule has 1 amide bonds. The Labute approximate surface area is 158 Å². The molecule has 7 heteroatoms. The largest absolute Gasteiger partial charge is 0.485 e. The van der Waals surface area contributed by atoms with E-state index in [2.05, 4.69) is 14.9 Å². The molecule has 2 saturated heterocycles. The van der Waals surface area contributed by atoms with Crippen LogP contribution in [-0.2, 0) is 0 Å². The molecule has 1 N–H and O–H groups in total. The first-order chi connectivity index (χ1) is 13.1. The van der Waals surface area contributed by atoms with Gasteiger partial charge < -0.3 is 19.5 Å². The number of pyridine rings is 2. The number of aromatic amines is 1. The van der Waals surface area contributed by atoms with Crippen molar-refractivity contribution in [3.63, 3.8) is 0 Å². The van der Waals surface area contributed by atoms with Gasteiger partial charge in [0.15, 0.2) is 11.6 Å². The summed E-state index contributed by atoms with van der Waals surface area (Å²) in [6, 6.07) is 5.56. The molecule has 2 fully saturated rings. The number of anilines is 1. The number of aryl methyl sites for hydroxylation is 1. The molecular formula is C20H24N4O3. The Morgan fingerprint density at radius 3 is 2.85 bits per heavy atom. The molecule has 0 saturated carbocycles. The van der Waals surface area contributed by atoms with E-state index >= 15 is 0 Å². The Morgan fingerprint density at radius 2 is 2.07 bits per heavy atom. The molecule has 0 spiro atoms. The lowest BCUT2D eigenvalue weighted by molar-refractivity contribution is 0.0770. The van der Waals surface area contributed by atoms with Gasteiger partial charge in [0.1, 0.15) is 11.7 Å². The normalized spacial score (nSPS) is 19.5. The number of carbonyl (C=O) groups is 1. The monoisotopic (exact) mass is 368 g/mol. The predicted molar refractivity (Wildman–Crippen MR) is 102 cm³/mol. The van der Waals surface area contributed by atoms with Crippen molar-refractivity contribution in [3.05, 3.63) is 52.1 Å². The van der Waals surface area contributed by atoms with Crippen LogP contribution in [0, 0.1) is 6.92 Å². The highest BCUT2D eigenvalue weighted by atomic mass is 16.5. The van der Waals surface area contributed by atoms with Crippen molar-refractivity contribution in [1.82, 2.24) is 14.9 Å². The number of aromatic nitrogens is 2.